The average molecular weight is 227 g/mol. The number of imidazole rings is 1. The molecule has 1 aliphatic rings. The molecule has 1 aromatic carbocycles. The molecule has 4 heteroatoms. The number of hydrogen-bond acceptors (Lipinski definition) is 2. The number of carbonyl (C=O) groups excluding carboxylic acids is 1. The van der Waals surface area contributed by atoms with Crippen LogP contribution < -0.4 is 5.32 Å². The maximum Gasteiger partial charge on any atom is 0.327 e. The Bertz CT molecular complexity index is 507. The predicted molar refractivity (Wildman–Crippen MR) is 63.7 cm³/mol. The van der Waals surface area contributed by atoms with Gasteiger partial charge in [-0.15, -0.1) is 0 Å². The molecule has 17 heavy (non-hydrogen) atoms. The van der Waals surface area contributed by atoms with Crippen molar-refractivity contribution in [1.82, 2.24) is 14.9 Å². The van der Waals surface area contributed by atoms with Crippen LogP contribution in [-0.2, 0) is 0 Å². The molecule has 0 spiro atoms. The SMILES string of the molecule is O=C(NC1CC1c1ccccc1)n1ccnc1. The molecule has 1 fully saturated rings. The highest BCUT2D eigenvalue weighted by molar-refractivity contribution is 5.77. The highest BCUT2D eigenvalue weighted by Crippen LogP contribution is 2.40. The van der Waals surface area contributed by atoms with Crippen molar-refractivity contribution < 1.29 is 4.79 Å². The summed E-state index contributed by atoms with van der Waals surface area (Å²) in [7, 11) is 0. The van der Waals surface area contributed by atoms with Gasteiger partial charge in [0.05, 0.1) is 0 Å². The first kappa shape index (κ1) is 10.1. The molecule has 0 saturated heterocycles. The van der Waals surface area contributed by atoms with Crippen molar-refractivity contribution in [3.8, 4) is 0 Å². The van der Waals surface area contributed by atoms with Gasteiger partial charge in [0.25, 0.3) is 0 Å². The van der Waals surface area contributed by atoms with E-state index in [1.54, 1.807) is 12.4 Å². The van der Waals surface area contributed by atoms with E-state index in [1.165, 1.54) is 16.5 Å². The van der Waals surface area contributed by atoms with E-state index in [9.17, 15) is 4.79 Å². The first-order chi connectivity index (χ1) is 8.34. The Morgan fingerprint density at radius 3 is 2.88 bits per heavy atom. The Morgan fingerprint density at radius 2 is 2.18 bits per heavy atom. The summed E-state index contributed by atoms with van der Waals surface area (Å²) in [6.07, 6.45) is 5.77. The van der Waals surface area contributed by atoms with E-state index in [4.69, 9.17) is 0 Å². The lowest BCUT2D eigenvalue weighted by molar-refractivity contribution is 0.242. The minimum Gasteiger partial charge on any atom is -0.334 e. The number of amides is 1. The fraction of sp³-hybridized carbons (Fsp3) is 0.231. The smallest absolute Gasteiger partial charge is 0.327 e. The Hall–Kier alpha value is -2.10. The zero-order valence-corrected chi connectivity index (χ0v) is 9.28. The van der Waals surface area contributed by atoms with E-state index < -0.39 is 0 Å². The van der Waals surface area contributed by atoms with Crippen LogP contribution in [0.4, 0.5) is 4.79 Å². The average Bonchev–Trinajstić information content (AvgIpc) is 2.92. The summed E-state index contributed by atoms with van der Waals surface area (Å²) in [5.41, 5.74) is 1.29. The van der Waals surface area contributed by atoms with Crippen molar-refractivity contribution in [3.05, 3.63) is 54.6 Å². The van der Waals surface area contributed by atoms with Gasteiger partial charge in [0.1, 0.15) is 6.33 Å². The zero-order valence-electron chi connectivity index (χ0n) is 9.28. The topological polar surface area (TPSA) is 46.9 Å². The monoisotopic (exact) mass is 227 g/mol. The highest BCUT2D eigenvalue weighted by atomic mass is 16.2. The van der Waals surface area contributed by atoms with Gasteiger partial charge in [0, 0.05) is 24.4 Å². The van der Waals surface area contributed by atoms with Crippen molar-refractivity contribution in [3.63, 3.8) is 0 Å². The van der Waals surface area contributed by atoms with Crippen LogP contribution in [-0.4, -0.2) is 21.6 Å². The van der Waals surface area contributed by atoms with Gasteiger partial charge in [-0.25, -0.2) is 9.78 Å². The summed E-state index contributed by atoms with van der Waals surface area (Å²) in [4.78, 5) is 15.6. The molecule has 86 valence electrons. The number of hydrogen-bond donors (Lipinski definition) is 1. The van der Waals surface area contributed by atoms with Crippen molar-refractivity contribution in [2.45, 2.75) is 18.4 Å². The minimum absolute atomic E-state index is 0.106. The lowest BCUT2D eigenvalue weighted by Gasteiger charge is -2.04. The van der Waals surface area contributed by atoms with Gasteiger partial charge in [-0.2, -0.15) is 0 Å². The molecule has 1 saturated carbocycles. The Labute approximate surface area is 99.3 Å². The van der Waals surface area contributed by atoms with E-state index in [0.29, 0.717) is 5.92 Å². The number of aromatic nitrogens is 2. The number of carbonyl (C=O) groups is 1. The molecule has 3 rings (SSSR count). The molecule has 1 amide bonds. The Morgan fingerprint density at radius 1 is 1.35 bits per heavy atom. The molecule has 2 unspecified atom stereocenters. The van der Waals surface area contributed by atoms with Crippen LogP contribution in [0.1, 0.15) is 17.9 Å². The second-order valence-electron chi connectivity index (χ2n) is 4.28. The van der Waals surface area contributed by atoms with Gasteiger partial charge in [-0.3, -0.25) is 4.57 Å². The van der Waals surface area contributed by atoms with Gasteiger partial charge in [0.15, 0.2) is 0 Å². The summed E-state index contributed by atoms with van der Waals surface area (Å²) in [6.45, 7) is 0. The van der Waals surface area contributed by atoms with E-state index in [1.807, 2.05) is 18.2 Å². The van der Waals surface area contributed by atoms with E-state index in [-0.39, 0.29) is 12.1 Å². The van der Waals surface area contributed by atoms with Crippen LogP contribution >= 0.6 is 0 Å². The van der Waals surface area contributed by atoms with Gasteiger partial charge < -0.3 is 5.32 Å². The van der Waals surface area contributed by atoms with Gasteiger partial charge in [0.2, 0.25) is 0 Å². The van der Waals surface area contributed by atoms with E-state index in [2.05, 4.69) is 22.4 Å². The third-order valence-electron chi connectivity index (χ3n) is 3.07. The summed E-state index contributed by atoms with van der Waals surface area (Å²) >= 11 is 0. The first-order valence-corrected chi connectivity index (χ1v) is 5.68. The lowest BCUT2D eigenvalue weighted by Crippen LogP contribution is -2.30. The molecular weight excluding hydrogens is 214 g/mol. The second-order valence-corrected chi connectivity index (χ2v) is 4.28. The molecule has 0 bridgehead atoms. The molecule has 2 aromatic rings. The fourth-order valence-electron chi connectivity index (χ4n) is 2.04. The lowest BCUT2D eigenvalue weighted by atomic mass is 10.1. The van der Waals surface area contributed by atoms with Crippen LogP contribution in [0, 0.1) is 0 Å². The summed E-state index contributed by atoms with van der Waals surface area (Å²) in [5, 5.41) is 2.99. The van der Waals surface area contributed by atoms with Crippen LogP contribution in [0.15, 0.2) is 49.1 Å². The van der Waals surface area contributed by atoms with Crippen LogP contribution in [0.5, 0.6) is 0 Å². The number of rotatable bonds is 2. The normalized spacial score (nSPS) is 22.1. The second kappa shape index (κ2) is 4.05. The molecular formula is C13H13N3O. The van der Waals surface area contributed by atoms with E-state index in [0.717, 1.165) is 6.42 Å². The molecule has 1 heterocycles. The first-order valence-electron chi connectivity index (χ1n) is 5.68. The molecule has 1 aromatic heterocycles. The third-order valence-corrected chi connectivity index (χ3v) is 3.07. The van der Waals surface area contributed by atoms with E-state index >= 15 is 0 Å². The largest absolute Gasteiger partial charge is 0.334 e. The zero-order chi connectivity index (χ0) is 11.7. The molecule has 4 nitrogen and oxygen atoms in total. The van der Waals surface area contributed by atoms with Crippen LogP contribution in [0.2, 0.25) is 0 Å². The van der Waals surface area contributed by atoms with Crippen molar-refractivity contribution in [2.75, 3.05) is 0 Å². The summed E-state index contributed by atoms with van der Waals surface area (Å²) in [6, 6.07) is 10.4. The summed E-state index contributed by atoms with van der Waals surface area (Å²) in [5.74, 6) is 0.462. The Balaban J connectivity index is 1.61. The standard InChI is InChI=1S/C13H13N3O/c17-13(16-7-6-14-9-16)15-12-8-11(12)10-4-2-1-3-5-10/h1-7,9,11-12H,8H2,(H,15,17). The van der Waals surface area contributed by atoms with Gasteiger partial charge in [-0.05, 0) is 12.0 Å². The quantitative estimate of drug-likeness (QED) is 0.853. The van der Waals surface area contributed by atoms with Crippen LogP contribution in [0.25, 0.3) is 0 Å². The highest BCUT2D eigenvalue weighted by Gasteiger charge is 2.39. The molecule has 1 N–H and O–H groups in total. The van der Waals surface area contributed by atoms with Crippen molar-refractivity contribution >= 4 is 6.03 Å². The van der Waals surface area contributed by atoms with Gasteiger partial charge >= 0.3 is 6.03 Å². The third kappa shape index (κ3) is 2.06. The maximum absolute atomic E-state index is 11.7. The van der Waals surface area contributed by atoms with Crippen molar-refractivity contribution in [1.29, 1.82) is 0 Å². The fourth-order valence-corrected chi connectivity index (χ4v) is 2.04. The number of nitrogens with one attached hydrogen (secondary N) is 1. The van der Waals surface area contributed by atoms with Crippen LogP contribution in [0.3, 0.4) is 0 Å². The molecule has 0 radical (unpaired) electrons. The molecule has 0 aliphatic heterocycles. The molecule has 1 aliphatic carbocycles. The predicted octanol–water partition coefficient (Wildman–Crippen LogP) is 2.00. The van der Waals surface area contributed by atoms with Gasteiger partial charge in [-0.1, -0.05) is 30.3 Å². The van der Waals surface area contributed by atoms with Crippen molar-refractivity contribution in [2.24, 2.45) is 0 Å². The summed E-state index contributed by atoms with van der Waals surface area (Å²) < 4.78 is 1.46. The number of nitrogens with zero attached hydrogens (tertiary/aromatic N) is 2. The molecule has 2 atom stereocenters. The Kier molecular flexibility index (Phi) is 2.40. The minimum atomic E-state index is -0.106. The maximum atomic E-state index is 11.7. The number of benzene rings is 1.